The molecular weight excluding hydrogens is 316 g/mol. The third kappa shape index (κ3) is 16.2. The Morgan fingerprint density at radius 1 is 0.600 bits per heavy atom. The highest BCUT2D eigenvalue weighted by atomic mass is 16.7. The summed E-state index contributed by atoms with van der Waals surface area (Å²) in [5.41, 5.74) is 0. The van der Waals surface area contributed by atoms with E-state index < -0.39 is 6.29 Å². The van der Waals surface area contributed by atoms with Crippen molar-refractivity contribution in [3.8, 4) is 0 Å². The zero-order chi connectivity index (χ0) is 18.8. The Balaban J connectivity index is 3.73. The van der Waals surface area contributed by atoms with E-state index >= 15 is 0 Å². The first kappa shape index (κ1) is 23.9. The second-order valence-electron chi connectivity index (χ2n) is 6.85. The first-order valence-electron chi connectivity index (χ1n) is 10.5. The van der Waals surface area contributed by atoms with Crippen LogP contribution in [0.15, 0.2) is 0 Å². The van der Waals surface area contributed by atoms with Gasteiger partial charge in [-0.1, -0.05) is 85.0 Å². The topological polar surface area (TPSA) is 52.6 Å². The highest BCUT2D eigenvalue weighted by molar-refractivity contribution is 5.71. The van der Waals surface area contributed by atoms with Crippen molar-refractivity contribution in [3.63, 3.8) is 0 Å². The number of carbonyl (C=O) groups excluding carboxylic acids is 2. The molecule has 0 aliphatic carbocycles. The quantitative estimate of drug-likeness (QED) is 0.174. The minimum atomic E-state index is -0.722. The molecule has 4 heteroatoms. The molecule has 0 aromatic carbocycles. The van der Waals surface area contributed by atoms with Crippen molar-refractivity contribution in [2.45, 2.75) is 123 Å². The van der Waals surface area contributed by atoms with Crippen LogP contribution in [0, 0.1) is 0 Å². The molecule has 0 fully saturated rings. The normalized spacial score (nSPS) is 12.0. The van der Waals surface area contributed by atoms with E-state index in [1.807, 2.05) is 6.92 Å². The zero-order valence-electron chi connectivity index (χ0n) is 16.8. The van der Waals surface area contributed by atoms with E-state index in [1.165, 1.54) is 44.9 Å². The second kappa shape index (κ2) is 17.8. The van der Waals surface area contributed by atoms with E-state index in [1.54, 1.807) is 0 Å². The summed E-state index contributed by atoms with van der Waals surface area (Å²) >= 11 is 0. The third-order valence-electron chi connectivity index (χ3n) is 4.33. The lowest BCUT2D eigenvalue weighted by Gasteiger charge is -2.16. The van der Waals surface area contributed by atoms with Gasteiger partial charge in [-0.3, -0.25) is 9.59 Å². The number of unbranched alkanes of at least 4 members (excludes halogenated alkanes) is 10. The van der Waals surface area contributed by atoms with Crippen LogP contribution >= 0.6 is 0 Å². The molecule has 0 rings (SSSR count). The van der Waals surface area contributed by atoms with Crippen LogP contribution in [0.4, 0.5) is 0 Å². The molecule has 0 saturated heterocycles. The third-order valence-corrected chi connectivity index (χ3v) is 4.33. The van der Waals surface area contributed by atoms with Crippen molar-refractivity contribution in [3.05, 3.63) is 0 Å². The Morgan fingerprint density at radius 3 is 1.32 bits per heavy atom. The molecule has 0 heterocycles. The van der Waals surface area contributed by atoms with Crippen molar-refractivity contribution in [2.24, 2.45) is 0 Å². The molecule has 4 nitrogen and oxygen atoms in total. The highest BCUT2D eigenvalue weighted by Gasteiger charge is 2.16. The van der Waals surface area contributed by atoms with Crippen LogP contribution in [0.5, 0.6) is 0 Å². The van der Waals surface area contributed by atoms with E-state index in [0.29, 0.717) is 19.3 Å². The Kier molecular flexibility index (Phi) is 17.0. The van der Waals surface area contributed by atoms with Crippen molar-refractivity contribution in [1.29, 1.82) is 0 Å². The monoisotopic (exact) mass is 356 g/mol. The van der Waals surface area contributed by atoms with Crippen LogP contribution in [0.1, 0.15) is 117 Å². The second-order valence-corrected chi connectivity index (χ2v) is 6.85. The van der Waals surface area contributed by atoms with Crippen molar-refractivity contribution < 1.29 is 19.1 Å². The Labute approximate surface area is 155 Å². The average Bonchev–Trinajstić information content (AvgIpc) is 2.60. The summed E-state index contributed by atoms with van der Waals surface area (Å²) in [5.74, 6) is -0.511. The highest BCUT2D eigenvalue weighted by Crippen LogP contribution is 2.12. The molecule has 0 bridgehead atoms. The van der Waals surface area contributed by atoms with Crippen molar-refractivity contribution >= 4 is 11.9 Å². The summed E-state index contributed by atoms with van der Waals surface area (Å²) in [5, 5.41) is 0. The Bertz CT molecular complexity index is 328. The summed E-state index contributed by atoms with van der Waals surface area (Å²) in [6.07, 6.45) is 14.2. The SMILES string of the molecule is CCCCCCCCCC(=O)OC(CC)OC(=O)CCCCCCC. The molecule has 1 unspecified atom stereocenters. The fourth-order valence-corrected chi connectivity index (χ4v) is 2.70. The van der Waals surface area contributed by atoms with E-state index in [9.17, 15) is 9.59 Å². The minimum Gasteiger partial charge on any atom is -0.425 e. The number of ether oxygens (including phenoxy) is 2. The first-order chi connectivity index (χ1) is 12.1. The molecule has 0 aliphatic heterocycles. The summed E-state index contributed by atoms with van der Waals surface area (Å²) in [7, 11) is 0. The van der Waals surface area contributed by atoms with Crippen LogP contribution in [0.2, 0.25) is 0 Å². The van der Waals surface area contributed by atoms with Crippen molar-refractivity contribution in [1.82, 2.24) is 0 Å². The number of hydrogen-bond acceptors (Lipinski definition) is 4. The molecule has 0 aromatic rings. The fraction of sp³-hybridized carbons (Fsp3) is 0.905. The van der Waals surface area contributed by atoms with Crippen LogP contribution in [0.3, 0.4) is 0 Å². The van der Waals surface area contributed by atoms with Gasteiger partial charge in [0.05, 0.1) is 0 Å². The van der Waals surface area contributed by atoms with Gasteiger partial charge in [-0.2, -0.15) is 0 Å². The van der Waals surface area contributed by atoms with Gasteiger partial charge in [0.15, 0.2) is 0 Å². The molecule has 0 radical (unpaired) electrons. The first-order valence-corrected chi connectivity index (χ1v) is 10.5. The van der Waals surface area contributed by atoms with E-state index in [2.05, 4.69) is 13.8 Å². The maximum atomic E-state index is 11.8. The maximum absolute atomic E-state index is 11.8. The number of rotatable bonds is 17. The van der Waals surface area contributed by atoms with Gasteiger partial charge in [0.2, 0.25) is 6.29 Å². The van der Waals surface area contributed by atoms with E-state index in [-0.39, 0.29) is 11.9 Å². The predicted molar refractivity (Wildman–Crippen MR) is 102 cm³/mol. The van der Waals surface area contributed by atoms with E-state index in [4.69, 9.17) is 9.47 Å². The largest absolute Gasteiger partial charge is 0.425 e. The molecule has 0 amide bonds. The summed E-state index contributed by atoms with van der Waals surface area (Å²) in [6.45, 7) is 6.24. The Hall–Kier alpha value is -1.06. The standard InChI is InChI=1S/C21H40O4/c1-4-7-9-11-12-14-16-18-20(23)25-21(6-3)24-19(22)17-15-13-10-8-5-2/h21H,4-18H2,1-3H3. The summed E-state index contributed by atoms with van der Waals surface area (Å²) in [4.78, 5) is 23.6. The molecule has 0 aliphatic rings. The van der Waals surface area contributed by atoms with Crippen LogP contribution in [0.25, 0.3) is 0 Å². The molecule has 148 valence electrons. The molecular formula is C21H40O4. The van der Waals surface area contributed by atoms with Gasteiger partial charge < -0.3 is 9.47 Å². The molecule has 0 saturated carbocycles. The minimum absolute atomic E-state index is 0.254. The van der Waals surface area contributed by atoms with Gasteiger partial charge in [0.1, 0.15) is 0 Å². The number of esters is 2. The van der Waals surface area contributed by atoms with Gasteiger partial charge in [0.25, 0.3) is 0 Å². The lowest BCUT2D eigenvalue weighted by Crippen LogP contribution is -2.23. The van der Waals surface area contributed by atoms with Gasteiger partial charge in [-0.15, -0.1) is 0 Å². The fourth-order valence-electron chi connectivity index (χ4n) is 2.70. The van der Waals surface area contributed by atoms with Gasteiger partial charge in [0, 0.05) is 19.3 Å². The number of hydrogen-bond donors (Lipinski definition) is 0. The Morgan fingerprint density at radius 2 is 0.960 bits per heavy atom. The maximum Gasteiger partial charge on any atom is 0.308 e. The van der Waals surface area contributed by atoms with Crippen LogP contribution in [-0.2, 0) is 19.1 Å². The van der Waals surface area contributed by atoms with Crippen LogP contribution < -0.4 is 0 Å². The summed E-state index contributed by atoms with van der Waals surface area (Å²) < 4.78 is 10.5. The predicted octanol–water partition coefficient (Wildman–Crippen LogP) is 6.31. The lowest BCUT2D eigenvalue weighted by atomic mass is 10.1. The number of carbonyl (C=O) groups is 2. The molecule has 1 atom stereocenters. The molecule has 0 spiro atoms. The lowest BCUT2D eigenvalue weighted by molar-refractivity contribution is -0.188. The zero-order valence-corrected chi connectivity index (χ0v) is 16.8. The molecule has 0 aromatic heterocycles. The van der Waals surface area contributed by atoms with Crippen molar-refractivity contribution in [2.75, 3.05) is 0 Å². The average molecular weight is 357 g/mol. The molecule has 0 N–H and O–H groups in total. The van der Waals surface area contributed by atoms with Gasteiger partial charge in [-0.05, 0) is 12.8 Å². The van der Waals surface area contributed by atoms with Gasteiger partial charge >= 0.3 is 11.9 Å². The van der Waals surface area contributed by atoms with Crippen LogP contribution in [-0.4, -0.2) is 18.2 Å². The van der Waals surface area contributed by atoms with Gasteiger partial charge in [-0.25, -0.2) is 0 Å². The summed E-state index contributed by atoms with van der Waals surface area (Å²) in [6, 6.07) is 0. The smallest absolute Gasteiger partial charge is 0.308 e. The van der Waals surface area contributed by atoms with E-state index in [0.717, 1.165) is 32.1 Å². The molecule has 25 heavy (non-hydrogen) atoms.